The lowest BCUT2D eigenvalue weighted by Crippen LogP contribution is -2.48. The van der Waals surface area contributed by atoms with Gasteiger partial charge in [-0.1, -0.05) is 34.8 Å². The molecule has 2 aromatic heterocycles. The summed E-state index contributed by atoms with van der Waals surface area (Å²) in [7, 11) is 0. The monoisotopic (exact) mass is 516 g/mol. The van der Waals surface area contributed by atoms with Gasteiger partial charge in [-0.2, -0.15) is 5.10 Å². The summed E-state index contributed by atoms with van der Waals surface area (Å²) in [4.78, 5) is 44.0. The minimum atomic E-state index is -0.996. The summed E-state index contributed by atoms with van der Waals surface area (Å²) in [5.41, 5.74) is 6.32. The summed E-state index contributed by atoms with van der Waals surface area (Å²) in [5, 5.41) is 4.75. The van der Waals surface area contributed by atoms with E-state index in [4.69, 9.17) is 5.73 Å². The van der Waals surface area contributed by atoms with E-state index >= 15 is 4.48 Å². The number of amides is 3. The molecule has 3 amide bonds. The van der Waals surface area contributed by atoms with Crippen molar-refractivity contribution in [3.05, 3.63) is 78.4 Å². The number of rotatable bonds is 6. The average Bonchev–Trinajstić information content (AvgIpc) is 3.43. The van der Waals surface area contributed by atoms with Crippen LogP contribution in [0, 0.1) is 11.7 Å². The molecule has 6 rings (SSSR count). The first kappa shape index (κ1) is 23.7. The molecule has 1 saturated heterocycles. The molecule has 0 bridgehead atoms. The summed E-state index contributed by atoms with van der Waals surface area (Å²) >= 11 is 0. The Labute approximate surface area is 215 Å². The summed E-state index contributed by atoms with van der Waals surface area (Å²) in [6.07, 6.45) is 2.51. The average molecular weight is 517 g/mol. The van der Waals surface area contributed by atoms with Crippen LogP contribution in [0.25, 0.3) is 22.2 Å². The Bertz CT molecular complexity index is 1600. The molecule has 1 aliphatic heterocycles. The van der Waals surface area contributed by atoms with Gasteiger partial charge in [0.15, 0.2) is 5.69 Å². The van der Waals surface area contributed by atoms with Gasteiger partial charge in [0.1, 0.15) is 24.1 Å². The minimum Gasteiger partial charge on any atom is -0.364 e. The number of carbonyl (C=O) groups is 3. The molecular formula is C27H22F2N6O3. The molecule has 1 saturated carbocycles. The van der Waals surface area contributed by atoms with E-state index in [0.717, 1.165) is 6.42 Å². The van der Waals surface area contributed by atoms with E-state index in [1.54, 1.807) is 30.3 Å². The standard InChI is InChI=1S/C27H22F2N6O3/c28-19-8-4-10-31-24(19)15-5-3-6-17(11-15)35(29)27(38)22-13-16-12-21(16)34(22)23(36)14-33-20-9-2-1-7-18(20)25(32-33)26(30)37/h1-11,16,21-22H,12-14H2,(H2,30,37)/t16-,21-,22+/m1/s1. The van der Waals surface area contributed by atoms with Gasteiger partial charge in [0.05, 0.1) is 11.2 Å². The molecule has 192 valence electrons. The third kappa shape index (κ3) is 3.96. The van der Waals surface area contributed by atoms with Gasteiger partial charge in [-0.3, -0.25) is 24.0 Å². The molecule has 0 spiro atoms. The second-order valence-electron chi connectivity index (χ2n) is 9.51. The Morgan fingerprint density at radius 3 is 2.66 bits per heavy atom. The predicted molar refractivity (Wildman–Crippen MR) is 134 cm³/mol. The minimum absolute atomic E-state index is 0.00849. The van der Waals surface area contributed by atoms with Gasteiger partial charge < -0.3 is 10.6 Å². The maximum absolute atomic E-state index is 15.4. The van der Waals surface area contributed by atoms with Crippen LogP contribution in [0.5, 0.6) is 0 Å². The molecule has 2 aromatic carbocycles. The van der Waals surface area contributed by atoms with E-state index in [-0.39, 0.29) is 40.7 Å². The number of carbonyl (C=O) groups excluding carboxylic acids is 3. The Kier molecular flexibility index (Phi) is 5.63. The van der Waals surface area contributed by atoms with Gasteiger partial charge >= 0.3 is 0 Å². The lowest BCUT2D eigenvalue weighted by molar-refractivity contribution is -0.140. The summed E-state index contributed by atoms with van der Waals surface area (Å²) in [5.74, 6) is -2.46. The molecule has 1 aliphatic carbocycles. The highest BCUT2D eigenvalue weighted by Gasteiger charge is 2.57. The molecule has 38 heavy (non-hydrogen) atoms. The molecule has 9 nitrogen and oxygen atoms in total. The van der Waals surface area contributed by atoms with Crippen LogP contribution in [-0.2, 0) is 16.1 Å². The second-order valence-corrected chi connectivity index (χ2v) is 9.51. The SMILES string of the molecule is NC(=O)c1nn(CC(=O)N2[C@@H]3C[C@@H]3C[C@H]2C(=O)N(F)c2cccc(-c3ncccc3F)c2)c2ccccc12. The Hall–Kier alpha value is -4.67. The topological polar surface area (TPSA) is 114 Å². The van der Waals surface area contributed by atoms with Crippen molar-refractivity contribution in [1.82, 2.24) is 19.7 Å². The number of halogens is 2. The zero-order valence-corrected chi connectivity index (χ0v) is 20.0. The number of hydrogen-bond acceptors (Lipinski definition) is 5. The first-order valence-corrected chi connectivity index (χ1v) is 12.1. The highest BCUT2D eigenvalue weighted by atomic mass is 19.2. The first-order chi connectivity index (χ1) is 18.3. The molecule has 0 radical (unpaired) electrons. The van der Waals surface area contributed by atoms with Crippen LogP contribution in [0.4, 0.5) is 14.6 Å². The molecule has 2 aliphatic rings. The largest absolute Gasteiger partial charge is 0.364 e. The normalized spacial score (nSPS) is 19.8. The van der Waals surface area contributed by atoms with Crippen LogP contribution in [-0.4, -0.2) is 49.5 Å². The van der Waals surface area contributed by atoms with Crippen LogP contribution in [0.15, 0.2) is 66.9 Å². The quantitative estimate of drug-likeness (QED) is 0.395. The fourth-order valence-electron chi connectivity index (χ4n) is 5.31. The highest BCUT2D eigenvalue weighted by Crippen LogP contribution is 2.48. The van der Waals surface area contributed by atoms with Crippen molar-refractivity contribution in [3.8, 4) is 11.3 Å². The van der Waals surface area contributed by atoms with Crippen LogP contribution in [0.2, 0.25) is 0 Å². The molecule has 4 aromatic rings. The molecule has 0 unspecified atom stereocenters. The number of piperidine rings is 1. The van der Waals surface area contributed by atoms with Gasteiger partial charge in [-0.05, 0) is 49.1 Å². The van der Waals surface area contributed by atoms with Gasteiger partial charge in [0, 0.05) is 23.2 Å². The van der Waals surface area contributed by atoms with E-state index in [9.17, 15) is 18.8 Å². The molecule has 11 heteroatoms. The molecule has 2 N–H and O–H groups in total. The number of para-hydroxylation sites is 1. The number of hydrogen-bond donors (Lipinski definition) is 1. The van der Waals surface area contributed by atoms with Crippen molar-refractivity contribution in [2.24, 2.45) is 11.7 Å². The number of likely N-dealkylation sites (tertiary alicyclic amines) is 1. The van der Waals surface area contributed by atoms with Crippen LogP contribution >= 0.6 is 0 Å². The smallest absolute Gasteiger partial charge is 0.277 e. The van der Waals surface area contributed by atoms with Gasteiger partial charge in [0.25, 0.3) is 11.8 Å². The summed E-state index contributed by atoms with van der Waals surface area (Å²) in [6, 6.07) is 14.2. The van der Waals surface area contributed by atoms with Gasteiger partial charge in [-0.15, -0.1) is 5.12 Å². The van der Waals surface area contributed by atoms with Crippen molar-refractivity contribution in [3.63, 3.8) is 0 Å². The van der Waals surface area contributed by atoms with Crippen molar-refractivity contribution in [1.29, 1.82) is 0 Å². The highest BCUT2D eigenvalue weighted by molar-refractivity contribution is 6.04. The molecule has 3 heterocycles. The van der Waals surface area contributed by atoms with Crippen molar-refractivity contribution < 1.29 is 23.3 Å². The maximum Gasteiger partial charge on any atom is 0.277 e. The molecule has 2 fully saturated rings. The maximum atomic E-state index is 15.4. The van der Waals surface area contributed by atoms with E-state index in [1.165, 1.54) is 46.1 Å². The van der Waals surface area contributed by atoms with Crippen LogP contribution < -0.4 is 10.9 Å². The van der Waals surface area contributed by atoms with E-state index in [0.29, 0.717) is 22.9 Å². The lowest BCUT2D eigenvalue weighted by atomic mass is 10.1. The van der Waals surface area contributed by atoms with Crippen LogP contribution in [0.1, 0.15) is 23.3 Å². The fourth-order valence-corrected chi connectivity index (χ4v) is 5.31. The van der Waals surface area contributed by atoms with Crippen molar-refractivity contribution in [2.45, 2.75) is 31.5 Å². The van der Waals surface area contributed by atoms with E-state index < -0.39 is 29.6 Å². The zero-order valence-electron chi connectivity index (χ0n) is 20.0. The second kappa shape index (κ2) is 9.02. The Morgan fingerprint density at radius 1 is 1.05 bits per heavy atom. The lowest BCUT2D eigenvalue weighted by Gasteiger charge is -2.28. The number of aromatic nitrogens is 3. The fraction of sp³-hybridized carbons (Fsp3) is 0.222. The zero-order chi connectivity index (χ0) is 26.6. The summed E-state index contributed by atoms with van der Waals surface area (Å²) < 4.78 is 31.0. The Balaban J connectivity index is 1.25. The third-order valence-electron chi connectivity index (χ3n) is 7.15. The number of nitrogens with two attached hydrogens (primary N) is 1. The number of pyridine rings is 1. The number of fused-ring (bicyclic) bond motifs is 2. The number of benzene rings is 2. The number of nitrogens with zero attached hydrogens (tertiary/aromatic N) is 5. The molecule has 3 atom stereocenters. The van der Waals surface area contributed by atoms with Gasteiger partial charge in [-0.25, -0.2) is 4.39 Å². The number of anilines is 1. The first-order valence-electron chi connectivity index (χ1n) is 12.1. The van der Waals surface area contributed by atoms with E-state index in [1.807, 2.05) is 0 Å². The van der Waals surface area contributed by atoms with Crippen molar-refractivity contribution in [2.75, 3.05) is 5.12 Å². The summed E-state index contributed by atoms with van der Waals surface area (Å²) in [6.45, 7) is -0.235. The van der Waals surface area contributed by atoms with Gasteiger partial charge in [0.2, 0.25) is 5.91 Å². The predicted octanol–water partition coefficient (Wildman–Crippen LogP) is 3.24. The Morgan fingerprint density at radius 2 is 1.87 bits per heavy atom. The van der Waals surface area contributed by atoms with Crippen LogP contribution in [0.3, 0.4) is 0 Å². The van der Waals surface area contributed by atoms with Crippen molar-refractivity contribution >= 4 is 34.3 Å². The van der Waals surface area contributed by atoms with E-state index in [2.05, 4.69) is 10.1 Å². The molecular weight excluding hydrogens is 494 g/mol. The third-order valence-corrected chi connectivity index (χ3v) is 7.15. The number of primary amides is 1.